The number of rotatable bonds is 10. The summed E-state index contributed by atoms with van der Waals surface area (Å²) in [4.78, 5) is 0. The van der Waals surface area contributed by atoms with Crippen LogP contribution in [-0.2, 0) is 9.31 Å². The summed E-state index contributed by atoms with van der Waals surface area (Å²) < 4.78 is 12.9. The Morgan fingerprint density at radius 1 is 0.667 bits per heavy atom. The van der Waals surface area contributed by atoms with Crippen molar-refractivity contribution < 1.29 is 9.31 Å². The molecule has 3 aromatic rings. The van der Waals surface area contributed by atoms with E-state index in [-0.39, 0.29) is 12.2 Å². The molecule has 0 fully saturated rings. The fraction of sp³-hybridized carbons (Fsp3) is 0.310. The van der Waals surface area contributed by atoms with Gasteiger partial charge >= 0.3 is 7.12 Å². The van der Waals surface area contributed by atoms with E-state index in [0.717, 1.165) is 6.04 Å². The number of benzene rings is 3. The minimum Gasteiger partial charge on any atom is -0.405 e. The predicted molar refractivity (Wildman–Crippen MR) is 145 cm³/mol. The Kier molecular flexibility index (Phi) is 8.90. The summed E-state index contributed by atoms with van der Waals surface area (Å²) >= 11 is 0. The first-order valence-corrected chi connectivity index (χ1v) is 15.2. The van der Waals surface area contributed by atoms with Crippen LogP contribution in [0.4, 0.5) is 0 Å². The van der Waals surface area contributed by atoms with Crippen molar-refractivity contribution >= 4 is 26.0 Å². The van der Waals surface area contributed by atoms with Crippen LogP contribution in [-0.4, -0.2) is 27.4 Å². The Morgan fingerprint density at radius 2 is 1.06 bits per heavy atom. The van der Waals surface area contributed by atoms with Crippen molar-refractivity contribution in [3.05, 3.63) is 108 Å². The van der Waals surface area contributed by atoms with Gasteiger partial charge in [-0.15, -0.1) is 0 Å². The van der Waals surface area contributed by atoms with Gasteiger partial charge < -0.3 is 9.31 Å². The molecule has 0 aliphatic heterocycles. The molecule has 0 bridgehead atoms. The lowest BCUT2D eigenvalue weighted by molar-refractivity contribution is 0.136. The summed E-state index contributed by atoms with van der Waals surface area (Å²) in [5.41, 5.74) is 4.84. The van der Waals surface area contributed by atoms with Gasteiger partial charge in [0.15, 0.2) is 0 Å². The second kappa shape index (κ2) is 11.6. The summed E-state index contributed by atoms with van der Waals surface area (Å²) in [5.74, 6) is 0. The van der Waals surface area contributed by atoms with E-state index >= 15 is 0 Å². The summed E-state index contributed by atoms with van der Waals surface area (Å²) in [6, 6.07) is 33.2. The minimum atomic E-state index is -1.85. The molecule has 0 aliphatic rings. The van der Waals surface area contributed by atoms with Crippen LogP contribution in [0.5, 0.6) is 0 Å². The van der Waals surface area contributed by atoms with Crippen LogP contribution in [0, 0.1) is 0 Å². The molecule has 2 nitrogen and oxygen atoms in total. The molecule has 0 amide bonds. The molecular formula is C29H37BO2Si. The zero-order valence-electron chi connectivity index (χ0n) is 20.9. The molecule has 0 aliphatic carbocycles. The lowest BCUT2D eigenvalue weighted by Crippen LogP contribution is -2.44. The first-order chi connectivity index (χ1) is 15.8. The second-order valence-corrected chi connectivity index (χ2v) is 14.5. The van der Waals surface area contributed by atoms with Gasteiger partial charge in [-0.2, -0.15) is 0 Å². The van der Waals surface area contributed by atoms with Crippen LogP contribution in [0.1, 0.15) is 38.8 Å². The van der Waals surface area contributed by atoms with Crippen LogP contribution < -0.4 is 5.19 Å². The van der Waals surface area contributed by atoms with Gasteiger partial charge in [-0.3, -0.25) is 0 Å². The normalized spacial score (nSPS) is 11.6. The third-order valence-electron chi connectivity index (χ3n) is 5.71. The molecule has 0 N–H and O–H groups in total. The maximum atomic E-state index is 6.47. The van der Waals surface area contributed by atoms with E-state index in [1.807, 2.05) is 0 Å². The van der Waals surface area contributed by atoms with E-state index in [1.54, 1.807) is 0 Å². The second-order valence-electron chi connectivity index (χ2n) is 9.76. The van der Waals surface area contributed by atoms with Crippen LogP contribution >= 0.6 is 0 Å². The van der Waals surface area contributed by atoms with Crippen molar-refractivity contribution in [3.8, 4) is 0 Å². The molecule has 0 radical (unpaired) electrons. The molecular weight excluding hydrogens is 419 g/mol. The zero-order valence-corrected chi connectivity index (χ0v) is 21.9. The highest BCUT2D eigenvalue weighted by Crippen LogP contribution is 2.34. The van der Waals surface area contributed by atoms with Gasteiger partial charge in [0.05, 0.1) is 8.07 Å². The van der Waals surface area contributed by atoms with Gasteiger partial charge in [0.1, 0.15) is 0 Å². The molecule has 0 unspecified atom stereocenters. The van der Waals surface area contributed by atoms with Crippen molar-refractivity contribution in [3.63, 3.8) is 0 Å². The number of hydrogen-bond donors (Lipinski definition) is 0. The van der Waals surface area contributed by atoms with Crippen molar-refractivity contribution in [2.45, 2.75) is 59.0 Å². The van der Waals surface area contributed by atoms with E-state index in [0.29, 0.717) is 0 Å². The molecule has 0 heterocycles. The Labute approximate surface area is 201 Å². The molecule has 172 valence electrons. The molecule has 33 heavy (non-hydrogen) atoms. The Hall–Kier alpha value is -2.40. The van der Waals surface area contributed by atoms with Crippen molar-refractivity contribution in [1.82, 2.24) is 0 Å². The van der Waals surface area contributed by atoms with E-state index in [2.05, 4.69) is 132 Å². The molecule has 4 heteroatoms. The van der Waals surface area contributed by atoms with Crippen LogP contribution in [0.3, 0.4) is 0 Å². The Bertz CT molecular complexity index is 964. The van der Waals surface area contributed by atoms with Gasteiger partial charge in [0.25, 0.3) is 0 Å². The molecule has 0 saturated heterocycles. The molecule has 0 aromatic heterocycles. The Morgan fingerprint density at radius 3 is 1.45 bits per heavy atom. The summed E-state index contributed by atoms with van der Waals surface area (Å²) in [6.07, 6.45) is 0.108. The number of allylic oxidation sites excluding steroid dienone is 1. The molecule has 3 rings (SSSR count). The first kappa shape index (κ1) is 25.2. The standard InChI is InChI=1S/C29H37BO2Si/c1-23(2)31-30(32-24(3)4)28(22-33(5,6)27-20-14-9-15-21-27)29(25-16-10-7-11-17-25)26-18-12-8-13-19-26/h7-21,23-24H,22H2,1-6H3. The fourth-order valence-electron chi connectivity index (χ4n) is 4.19. The van der Waals surface area contributed by atoms with Gasteiger partial charge in [-0.25, -0.2) is 0 Å². The van der Waals surface area contributed by atoms with Crippen molar-refractivity contribution in [2.24, 2.45) is 0 Å². The van der Waals surface area contributed by atoms with Crippen molar-refractivity contribution in [2.75, 3.05) is 0 Å². The molecule has 0 saturated carbocycles. The van der Waals surface area contributed by atoms with Crippen LogP contribution in [0.2, 0.25) is 19.1 Å². The van der Waals surface area contributed by atoms with E-state index < -0.39 is 15.2 Å². The van der Waals surface area contributed by atoms with Crippen LogP contribution in [0.25, 0.3) is 5.57 Å². The maximum absolute atomic E-state index is 6.47. The minimum absolute atomic E-state index is 0.0538. The van der Waals surface area contributed by atoms with E-state index in [4.69, 9.17) is 9.31 Å². The quantitative estimate of drug-likeness (QED) is 0.306. The average molecular weight is 457 g/mol. The van der Waals surface area contributed by atoms with Gasteiger partial charge in [0.2, 0.25) is 0 Å². The summed E-state index contributed by atoms with van der Waals surface area (Å²) in [6.45, 7) is 13.2. The summed E-state index contributed by atoms with van der Waals surface area (Å²) in [7, 11) is -2.26. The molecule has 3 aromatic carbocycles. The highest BCUT2D eigenvalue weighted by Gasteiger charge is 2.36. The zero-order chi connectivity index (χ0) is 23.8. The lowest BCUT2D eigenvalue weighted by Gasteiger charge is -2.31. The third kappa shape index (κ3) is 7.04. The average Bonchev–Trinajstić information content (AvgIpc) is 2.79. The summed E-state index contributed by atoms with van der Waals surface area (Å²) in [5, 5.41) is 1.44. The first-order valence-electron chi connectivity index (χ1n) is 12.0. The lowest BCUT2D eigenvalue weighted by atomic mass is 9.72. The van der Waals surface area contributed by atoms with E-state index in [9.17, 15) is 0 Å². The van der Waals surface area contributed by atoms with E-state index in [1.165, 1.54) is 27.4 Å². The van der Waals surface area contributed by atoms with Crippen LogP contribution in [0.15, 0.2) is 96.5 Å². The predicted octanol–water partition coefficient (Wildman–Crippen LogP) is 6.98. The largest absolute Gasteiger partial charge is 0.490 e. The number of hydrogen-bond acceptors (Lipinski definition) is 2. The highest BCUT2D eigenvalue weighted by atomic mass is 28.3. The van der Waals surface area contributed by atoms with Gasteiger partial charge in [-0.1, -0.05) is 109 Å². The fourth-order valence-corrected chi connectivity index (χ4v) is 6.79. The highest BCUT2D eigenvalue weighted by molar-refractivity contribution is 6.91. The smallest absolute Gasteiger partial charge is 0.405 e. The SMILES string of the molecule is CC(C)OB(OC(C)C)C(C[Si](C)(C)c1ccccc1)=C(c1ccccc1)c1ccccc1. The van der Waals surface area contributed by atoms with Gasteiger partial charge in [0, 0.05) is 12.2 Å². The molecule has 0 atom stereocenters. The topological polar surface area (TPSA) is 18.5 Å². The van der Waals surface area contributed by atoms with Gasteiger partial charge in [-0.05, 0) is 55.9 Å². The van der Waals surface area contributed by atoms with Crippen molar-refractivity contribution in [1.29, 1.82) is 0 Å². The maximum Gasteiger partial charge on any atom is 0.490 e. The third-order valence-corrected chi connectivity index (χ3v) is 8.87. The Balaban J connectivity index is 2.26. The monoisotopic (exact) mass is 456 g/mol. The molecule has 0 spiro atoms.